The van der Waals surface area contributed by atoms with Crippen LogP contribution in [-0.4, -0.2) is 0 Å². The second-order valence-corrected chi connectivity index (χ2v) is 4.70. The highest BCUT2D eigenvalue weighted by Gasteiger charge is 2.01. The van der Waals surface area contributed by atoms with Crippen molar-refractivity contribution in [2.45, 2.75) is 13.5 Å². The first-order valence-corrected chi connectivity index (χ1v) is 6.08. The van der Waals surface area contributed by atoms with Crippen LogP contribution in [0.3, 0.4) is 0 Å². The summed E-state index contributed by atoms with van der Waals surface area (Å²) in [6.45, 7) is 2.45. The van der Waals surface area contributed by atoms with Crippen LogP contribution in [0.5, 0.6) is 5.75 Å². The van der Waals surface area contributed by atoms with E-state index in [0.29, 0.717) is 6.61 Å². The van der Waals surface area contributed by atoms with Crippen molar-refractivity contribution in [2.75, 3.05) is 0 Å². The first kappa shape index (κ1) is 12.1. The molecule has 0 bridgehead atoms. The minimum absolute atomic E-state index is 0.231. The molecule has 88 valence electrons. The molecule has 2 aromatic carbocycles. The standard InChI is InChI=1S/C14H12BrFO/c1-10-2-7-14(13(15)8-10)17-9-11-3-5-12(16)6-4-11/h2-8H,9H2,1H3. The summed E-state index contributed by atoms with van der Waals surface area (Å²) in [7, 11) is 0. The van der Waals surface area contributed by atoms with E-state index in [2.05, 4.69) is 15.9 Å². The Bertz CT molecular complexity index is 508. The van der Waals surface area contributed by atoms with E-state index in [1.165, 1.54) is 17.7 Å². The number of benzene rings is 2. The normalized spacial score (nSPS) is 10.3. The van der Waals surface area contributed by atoms with Crippen LogP contribution in [0.4, 0.5) is 4.39 Å². The SMILES string of the molecule is Cc1ccc(OCc2ccc(F)cc2)c(Br)c1. The van der Waals surface area contributed by atoms with Gasteiger partial charge in [0.25, 0.3) is 0 Å². The van der Waals surface area contributed by atoms with Gasteiger partial charge < -0.3 is 4.74 Å². The summed E-state index contributed by atoms with van der Waals surface area (Å²) in [4.78, 5) is 0. The number of halogens is 2. The third kappa shape index (κ3) is 3.30. The van der Waals surface area contributed by atoms with Crippen LogP contribution >= 0.6 is 15.9 Å². The molecule has 0 N–H and O–H groups in total. The van der Waals surface area contributed by atoms with Crippen LogP contribution < -0.4 is 4.74 Å². The van der Waals surface area contributed by atoms with E-state index in [0.717, 1.165) is 15.8 Å². The molecule has 0 saturated heterocycles. The fourth-order valence-electron chi connectivity index (χ4n) is 1.46. The van der Waals surface area contributed by atoms with Gasteiger partial charge in [-0.2, -0.15) is 0 Å². The van der Waals surface area contributed by atoms with Crippen LogP contribution in [-0.2, 0) is 6.61 Å². The molecule has 0 atom stereocenters. The van der Waals surface area contributed by atoms with Gasteiger partial charge in [0.2, 0.25) is 0 Å². The number of hydrogen-bond acceptors (Lipinski definition) is 1. The summed E-state index contributed by atoms with van der Waals surface area (Å²) >= 11 is 3.45. The quantitative estimate of drug-likeness (QED) is 0.811. The number of ether oxygens (including phenoxy) is 1. The van der Waals surface area contributed by atoms with Crippen molar-refractivity contribution < 1.29 is 9.13 Å². The van der Waals surface area contributed by atoms with Gasteiger partial charge >= 0.3 is 0 Å². The van der Waals surface area contributed by atoms with Crippen molar-refractivity contribution in [1.29, 1.82) is 0 Å². The van der Waals surface area contributed by atoms with Crippen molar-refractivity contribution in [1.82, 2.24) is 0 Å². The van der Waals surface area contributed by atoms with Gasteiger partial charge in [0.1, 0.15) is 18.2 Å². The van der Waals surface area contributed by atoms with E-state index in [4.69, 9.17) is 4.74 Å². The molecular weight excluding hydrogens is 283 g/mol. The number of aryl methyl sites for hydroxylation is 1. The average Bonchev–Trinajstić information content (AvgIpc) is 2.30. The van der Waals surface area contributed by atoms with E-state index >= 15 is 0 Å². The first-order chi connectivity index (χ1) is 8.15. The topological polar surface area (TPSA) is 9.23 Å². The van der Waals surface area contributed by atoms with Gasteiger partial charge in [-0.15, -0.1) is 0 Å². The monoisotopic (exact) mass is 294 g/mol. The highest BCUT2D eigenvalue weighted by molar-refractivity contribution is 9.10. The molecule has 2 rings (SSSR count). The highest BCUT2D eigenvalue weighted by Crippen LogP contribution is 2.26. The zero-order valence-corrected chi connectivity index (χ0v) is 11.0. The van der Waals surface area contributed by atoms with Crippen molar-refractivity contribution in [3.05, 3.63) is 63.9 Å². The van der Waals surface area contributed by atoms with Gasteiger partial charge in [-0.1, -0.05) is 18.2 Å². The zero-order valence-electron chi connectivity index (χ0n) is 9.41. The summed E-state index contributed by atoms with van der Waals surface area (Å²) in [5, 5.41) is 0. The Morgan fingerprint density at radius 3 is 2.47 bits per heavy atom. The van der Waals surface area contributed by atoms with Crippen LogP contribution in [0.15, 0.2) is 46.9 Å². The molecule has 0 spiro atoms. The molecule has 0 aromatic heterocycles. The van der Waals surface area contributed by atoms with Crippen molar-refractivity contribution in [2.24, 2.45) is 0 Å². The molecule has 0 aliphatic rings. The molecule has 2 aromatic rings. The summed E-state index contributed by atoms with van der Waals surface area (Å²) in [6, 6.07) is 12.2. The van der Waals surface area contributed by atoms with E-state index < -0.39 is 0 Å². The lowest BCUT2D eigenvalue weighted by Crippen LogP contribution is -1.96. The van der Waals surface area contributed by atoms with Crippen LogP contribution in [0, 0.1) is 12.7 Å². The molecule has 17 heavy (non-hydrogen) atoms. The van der Waals surface area contributed by atoms with Gasteiger partial charge in [0.05, 0.1) is 4.47 Å². The fraction of sp³-hybridized carbons (Fsp3) is 0.143. The second-order valence-electron chi connectivity index (χ2n) is 3.85. The molecule has 0 radical (unpaired) electrons. The lowest BCUT2D eigenvalue weighted by molar-refractivity contribution is 0.304. The molecule has 3 heteroatoms. The van der Waals surface area contributed by atoms with Gasteiger partial charge in [-0.25, -0.2) is 4.39 Å². The minimum Gasteiger partial charge on any atom is -0.488 e. The summed E-state index contributed by atoms with van der Waals surface area (Å²) < 4.78 is 19.3. The summed E-state index contributed by atoms with van der Waals surface area (Å²) in [6.07, 6.45) is 0. The Labute approximate surface area is 108 Å². The molecule has 1 nitrogen and oxygen atoms in total. The molecule has 0 heterocycles. The lowest BCUT2D eigenvalue weighted by Gasteiger charge is -2.08. The Morgan fingerprint density at radius 1 is 1.12 bits per heavy atom. The smallest absolute Gasteiger partial charge is 0.134 e. The minimum atomic E-state index is -0.231. The van der Waals surface area contributed by atoms with Crippen molar-refractivity contribution in [3.8, 4) is 5.75 Å². The maximum atomic E-state index is 12.7. The van der Waals surface area contributed by atoms with E-state index in [9.17, 15) is 4.39 Å². The molecule has 0 saturated carbocycles. The summed E-state index contributed by atoms with van der Waals surface area (Å²) in [5.41, 5.74) is 2.12. The van der Waals surface area contributed by atoms with Crippen molar-refractivity contribution in [3.63, 3.8) is 0 Å². The molecule has 0 fully saturated rings. The van der Waals surface area contributed by atoms with Gasteiger partial charge in [0, 0.05) is 0 Å². The van der Waals surface area contributed by atoms with Crippen LogP contribution in [0.1, 0.15) is 11.1 Å². The Balaban J connectivity index is 2.04. The predicted octanol–water partition coefficient (Wildman–Crippen LogP) is 4.48. The van der Waals surface area contributed by atoms with E-state index in [-0.39, 0.29) is 5.82 Å². The molecular formula is C14H12BrFO. The van der Waals surface area contributed by atoms with E-state index in [1.807, 2.05) is 25.1 Å². The molecule has 0 aliphatic carbocycles. The third-order valence-corrected chi connectivity index (χ3v) is 3.01. The van der Waals surface area contributed by atoms with Crippen LogP contribution in [0.25, 0.3) is 0 Å². The lowest BCUT2D eigenvalue weighted by atomic mass is 10.2. The van der Waals surface area contributed by atoms with Crippen LogP contribution in [0.2, 0.25) is 0 Å². The maximum absolute atomic E-state index is 12.7. The molecule has 0 aliphatic heterocycles. The Morgan fingerprint density at radius 2 is 1.82 bits per heavy atom. The second kappa shape index (κ2) is 5.32. The highest BCUT2D eigenvalue weighted by atomic mass is 79.9. The van der Waals surface area contributed by atoms with Gasteiger partial charge in [0.15, 0.2) is 0 Å². The summed E-state index contributed by atoms with van der Waals surface area (Å²) in [5.74, 6) is 0.560. The van der Waals surface area contributed by atoms with Gasteiger partial charge in [-0.3, -0.25) is 0 Å². The first-order valence-electron chi connectivity index (χ1n) is 5.28. The fourth-order valence-corrected chi connectivity index (χ4v) is 2.07. The van der Waals surface area contributed by atoms with Crippen molar-refractivity contribution >= 4 is 15.9 Å². The zero-order chi connectivity index (χ0) is 12.3. The Kier molecular flexibility index (Phi) is 3.79. The number of hydrogen-bond donors (Lipinski definition) is 0. The molecule has 0 unspecified atom stereocenters. The third-order valence-electron chi connectivity index (χ3n) is 2.39. The average molecular weight is 295 g/mol. The predicted molar refractivity (Wildman–Crippen MR) is 69.6 cm³/mol. The Hall–Kier alpha value is -1.35. The van der Waals surface area contributed by atoms with Gasteiger partial charge in [-0.05, 0) is 58.2 Å². The number of rotatable bonds is 3. The van der Waals surface area contributed by atoms with E-state index in [1.54, 1.807) is 12.1 Å². The largest absolute Gasteiger partial charge is 0.488 e. The maximum Gasteiger partial charge on any atom is 0.134 e. The molecule has 0 amide bonds.